The van der Waals surface area contributed by atoms with Crippen LogP contribution in [0.2, 0.25) is 0 Å². The standard InChI is InChI=1S/C23H25N3O2S/c1-13-7-5-9-18(24-13)26-22(28)19-14(2)25-15-11-23(3,4)12-16(27)20(15)21(19)17-8-6-10-29-17/h5-10,21,25H,11-12H2,1-4H3,(H,24,26,28). The highest BCUT2D eigenvalue weighted by Gasteiger charge is 2.43. The second kappa shape index (κ2) is 7.26. The number of anilines is 1. The number of nitrogens with one attached hydrogen (secondary N) is 2. The molecule has 0 aromatic carbocycles. The van der Waals surface area contributed by atoms with E-state index in [-0.39, 0.29) is 23.0 Å². The summed E-state index contributed by atoms with van der Waals surface area (Å²) in [5, 5.41) is 8.30. The normalized spacial score (nSPS) is 21.0. The number of pyridine rings is 1. The summed E-state index contributed by atoms with van der Waals surface area (Å²) in [6.07, 6.45) is 1.28. The molecule has 1 amide bonds. The van der Waals surface area contributed by atoms with Crippen LogP contribution in [0.15, 0.2) is 58.3 Å². The Kier molecular flexibility index (Phi) is 4.90. The maximum Gasteiger partial charge on any atom is 0.255 e. The Morgan fingerprint density at radius 3 is 2.69 bits per heavy atom. The molecule has 2 aromatic heterocycles. The van der Waals surface area contributed by atoms with Crippen molar-refractivity contribution in [2.24, 2.45) is 5.41 Å². The predicted molar refractivity (Wildman–Crippen MR) is 116 cm³/mol. The number of rotatable bonds is 3. The molecule has 2 aliphatic rings. The molecule has 2 aromatic rings. The van der Waals surface area contributed by atoms with Gasteiger partial charge in [0, 0.05) is 39.5 Å². The van der Waals surface area contributed by atoms with Crippen molar-refractivity contribution < 1.29 is 9.59 Å². The third-order valence-corrected chi connectivity index (χ3v) is 6.38. The van der Waals surface area contributed by atoms with E-state index in [1.165, 1.54) is 0 Å². The van der Waals surface area contributed by atoms with E-state index < -0.39 is 0 Å². The molecule has 0 bridgehead atoms. The Labute approximate surface area is 174 Å². The largest absolute Gasteiger partial charge is 0.362 e. The van der Waals surface area contributed by atoms with E-state index in [1.54, 1.807) is 17.4 Å². The highest BCUT2D eigenvalue weighted by atomic mass is 32.1. The Hall–Kier alpha value is -2.73. The summed E-state index contributed by atoms with van der Waals surface area (Å²) in [7, 11) is 0. The van der Waals surface area contributed by atoms with Crippen LogP contribution in [0.1, 0.15) is 50.1 Å². The van der Waals surface area contributed by atoms with Crippen LogP contribution in [0.4, 0.5) is 5.82 Å². The Balaban J connectivity index is 1.77. The molecule has 4 rings (SSSR count). The SMILES string of the molecule is CC1=C(C(=O)Nc2cccc(C)n2)C(c2cccs2)C2=C(CC(C)(C)CC2=O)N1. The zero-order chi connectivity index (χ0) is 20.8. The van der Waals surface area contributed by atoms with Crippen LogP contribution >= 0.6 is 11.3 Å². The lowest BCUT2D eigenvalue weighted by Crippen LogP contribution is -2.39. The molecule has 1 aliphatic carbocycles. The van der Waals surface area contributed by atoms with Gasteiger partial charge in [-0.15, -0.1) is 11.3 Å². The molecule has 1 aliphatic heterocycles. The first kappa shape index (κ1) is 19.6. The lowest BCUT2D eigenvalue weighted by molar-refractivity contribution is -0.118. The van der Waals surface area contributed by atoms with Gasteiger partial charge in [0.25, 0.3) is 5.91 Å². The molecule has 0 fully saturated rings. The molecule has 5 nitrogen and oxygen atoms in total. The van der Waals surface area contributed by atoms with E-state index in [4.69, 9.17) is 0 Å². The Morgan fingerprint density at radius 1 is 1.21 bits per heavy atom. The van der Waals surface area contributed by atoms with Gasteiger partial charge in [0.1, 0.15) is 5.82 Å². The van der Waals surface area contributed by atoms with Crippen molar-refractivity contribution in [3.63, 3.8) is 0 Å². The minimum absolute atomic E-state index is 0.0888. The fourth-order valence-corrected chi connectivity index (χ4v) is 5.12. The van der Waals surface area contributed by atoms with Crippen molar-refractivity contribution in [1.29, 1.82) is 0 Å². The topological polar surface area (TPSA) is 71.1 Å². The smallest absolute Gasteiger partial charge is 0.255 e. The first-order valence-electron chi connectivity index (χ1n) is 9.77. The monoisotopic (exact) mass is 407 g/mol. The quantitative estimate of drug-likeness (QED) is 0.774. The average Bonchev–Trinajstić information content (AvgIpc) is 3.13. The highest BCUT2D eigenvalue weighted by Crippen LogP contribution is 2.47. The Morgan fingerprint density at radius 2 is 2.00 bits per heavy atom. The number of dihydropyridines is 1. The minimum atomic E-state index is -0.348. The van der Waals surface area contributed by atoms with Crippen LogP contribution in [-0.2, 0) is 9.59 Å². The van der Waals surface area contributed by atoms with Gasteiger partial charge in [-0.05, 0) is 49.3 Å². The number of ketones is 1. The average molecular weight is 408 g/mol. The third-order valence-electron chi connectivity index (χ3n) is 5.44. The fourth-order valence-electron chi connectivity index (χ4n) is 4.27. The van der Waals surface area contributed by atoms with Gasteiger partial charge < -0.3 is 10.6 Å². The minimum Gasteiger partial charge on any atom is -0.362 e. The molecule has 2 N–H and O–H groups in total. The van der Waals surface area contributed by atoms with Crippen LogP contribution in [0.25, 0.3) is 0 Å². The van der Waals surface area contributed by atoms with Gasteiger partial charge in [0.15, 0.2) is 5.78 Å². The summed E-state index contributed by atoms with van der Waals surface area (Å²) in [6.45, 7) is 8.02. The molecule has 0 spiro atoms. The summed E-state index contributed by atoms with van der Waals surface area (Å²) in [6, 6.07) is 9.49. The van der Waals surface area contributed by atoms with Gasteiger partial charge in [0.05, 0.1) is 5.92 Å². The molecule has 29 heavy (non-hydrogen) atoms. The molecule has 0 saturated heterocycles. The van der Waals surface area contributed by atoms with E-state index in [1.807, 2.05) is 43.5 Å². The van der Waals surface area contributed by atoms with Crippen molar-refractivity contribution >= 4 is 28.8 Å². The first-order chi connectivity index (χ1) is 13.7. The number of Topliss-reactive ketones (excluding diaryl/α,β-unsaturated/α-hetero) is 1. The van der Waals surface area contributed by atoms with E-state index >= 15 is 0 Å². The summed E-state index contributed by atoms with van der Waals surface area (Å²) in [5.74, 6) is 0.0556. The van der Waals surface area contributed by atoms with Gasteiger partial charge >= 0.3 is 0 Å². The molecule has 1 atom stereocenters. The van der Waals surface area contributed by atoms with Crippen molar-refractivity contribution in [3.8, 4) is 0 Å². The van der Waals surface area contributed by atoms with E-state index in [0.29, 0.717) is 17.8 Å². The van der Waals surface area contributed by atoms with Crippen molar-refractivity contribution in [2.45, 2.75) is 46.5 Å². The summed E-state index contributed by atoms with van der Waals surface area (Å²) in [4.78, 5) is 31.9. The Bertz CT molecular complexity index is 1050. The number of aryl methyl sites for hydroxylation is 1. The number of amides is 1. The number of carbonyl (C=O) groups excluding carboxylic acids is 2. The predicted octanol–water partition coefficient (Wildman–Crippen LogP) is 4.69. The number of nitrogens with zero attached hydrogens (tertiary/aromatic N) is 1. The van der Waals surface area contributed by atoms with Gasteiger partial charge in [0.2, 0.25) is 0 Å². The van der Waals surface area contributed by atoms with Crippen molar-refractivity contribution in [3.05, 3.63) is 68.8 Å². The zero-order valence-electron chi connectivity index (χ0n) is 17.1. The number of allylic oxidation sites excluding steroid dienone is 3. The maximum atomic E-state index is 13.3. The molecule has 3 heterocycles. The second-order valence-corrected chi connectivity index (χ2v) is 9.54. The van der Waals surface area contributed by atoms with E-state index in [2.05, 4.69) is 29.5 Å². The number of hydrogen-bond donors (Lipinski definition) is 2. The van der Waals surface area contributed by atoms with Gasteiger partial charge in [-0.1, -0.05) is 26.0 Å². The molecule has 1 unspecified atom stereocenters. The van der Waals surface area contributed by atoms with Crippen LogP contribution in [0.3, 0.4) is 0 Å². The number of thiophene rings is 1. The highest BCUT2D eigenvalue weighted by molar-refractivity contribution is 7.10. The summed E-state index contributed by atoms with van der Waals surface area (Å²) < 4.78 is 0. The molecule has 150 valence electrons. The zero-order valence-corrected chi connectivity index (χ0v) is 17.9. The van der Waals surface area contributed by atoms with Crippen molar-refractivity contribution in [2.75, 3.05) is 5.32 Å². The number of hydrogen-bond acceptors (Lipinski definition) is 5. The number of aromatic nitrogens is 1. The van der Waals surface area contributed by atoms with Gasteiger partial charge in [-0.25, -0.2) is 4.98 Å². The third kappa shape index (κ3) is 3.77. The van der Waals surface area contributed by atoms with Crippen molar-refractivity contribution in [1.82, 2.24) is 10.3 Å². The fraction of sp³-hybridized carbons (Fsp3) is 0.348. The van der Waals surface area contributed by atoms with Crippen LogP contribution in [0, 0.1) is 12.3 Å². The molecular formula is C23H25N3O2S. The lowest BCUT2D eigenvalue weighted by Gasteiger charge is -2.39. The molecular weight excluding hydrogens is 382 g/mol. The van der Waals surface area contributed by atoms with E-state index in [0.717, 1.165) is 34.0 Å². The lowest BCUT2D eigenvalue weighted by atomic mass is 9.69. The summed E-state index contributed by atoms with van der Waals surface area (Å²) in [5.41, 5.74) is 3.81. The van der Waals surface area contributed by atoms with Gasteiger partial charge in [-0.3, -0.25) is 9.59 Å². The van der Waals surface area contributed by atoms with Crippen LogP contribution in [0.5, 0.6) is 0 Å². The van der Waals surface area contributed by atoms with Crippen LogP contribution in [-0.4, -0.2) is 16.7 Å². The van der Waals surface area contributed by atoms with Crippen LogP contribution < -0.4 is 10.6 Å². The second-order valence-electron chi connectivity index (χ2n) is 8.56. The maximum absolute atomic E-state index is 13.3. The molecule has 0 saturated carbocycles. The van der Waals surface area contributed by atoms with E-state index in [9.17, 15) is 9.59 Å². The van der Waals surface area contributed by atoms with Gasteiger partial charge in [-0.2, -0.15) is 0 Å². The molecule has 6 heteroatoms. The molecule has 0 radical (unpaired) electrons. The summed E-state index contributed by atoms with van der Waals surface area (Å²) >= 11 is 1.58. The first-order valence-corrected chi connectivity index (χ1v) is 10.7. The number of carbonyl (C=O) groups is 2.